The number of nitrogens with one attached hydrogen (secondary N) is 3. The third-order valence-electron chi connectivity index (χ3n) is 11.3. The van der Waals surface area contributed by atoms with E-state index in [1.54, 1.807) is 28.0 Å². The summed E-state index contributed by atoms with van der Waals surface area (Å²) in [6, 6.07) is 10.9. The van der Waals surface area contributed by atoms with Crippen LogP contribution in [0.15, 0.2) is 65.9 Å². The first-order chi connectivity index (χ1) is 26.4. The zero-order valence-electron chi connectivity index (χ0n) is 31.3. The van der Waals surface area contributed by atoms with Crippen LogP contribution in [-0.2, 0) is 15.2 Å². The van der Waals surface area contributed by atoms with Gasteiger partial charge in [-0.25, -0.2) is 4.98 Å². The van der Waals surface area contributed by atoms with Gasteiger partial charge in [-0.2, -0.15) is 5.10 Å². The van der Waals surface area contributed by atoms with Crippen molar-refractivity contribution >= 4 is 36.9 Å². The van der Waals surface area contributed by atoms with E-state index in [1.165, 1.54) is 6.08 Å². The molecule has 4 fully saturated rings. The van der Waals surface area contributed by atoms with Gasteiger partial charge in [0.25, 0.3) is 11.8 Å². The molecule has 286 valence electrons. The molecule has 2 saturated carbocycles. The summed E-state index contributed by atoms with van der Waals surface area (Å²) < 4.78 is 2.04. The van der Waals surface area contributed by atoms with Gasteiger partial charge in [-0.15, -0.1) is 0 Å². The molecule has 15 nitrogen and oxygen atoms in total. The number of likely N-dealkylation sites (tertiary alicyclic amines) is 2. The number of allylic oxidation sites excluding steroid dienone is 1. The smallest absolute Gasteiger partial charge is 0.272 e. The second-order valence-electron chi connectivity index (χ2n) is 15.4. The third-order valence-corrected chi connectivity index (χ3v) is 11.3. The van der Waals surface area contributed by atoms with Gasteiger partial charge < -0.3 is 42.3 Å². The predicted molar refractivity (Wildman–Crippen MR) is 208 cm³/mol. The molecule has 2 radical (unpaired) electrons. The van der Waals surface area contributed by atoms with Gasteiger partial charge >= 0.3 is 0 Å². The Bertz CT molecular complexity index is 2080. The number of carbonyl (C=O) groups excluding carboxylic acids is 3. The van der Waals surface area contributed by atoms with Crippen LogP contribution in [0.25, 0.3) is 11.1 Å². The molecule has 8 rings (SSSR count). The van der Waals surface area contributed by atoms with Crippen molar-refractivity contribution in [3.63, 3.8) is 0 Å². The number of amides is 3. The summed E-state index contributed by atoms with van der Waals surface area (Å²) in [7, 11) is 8.56. The van der Waals surface area contributed by atoms with E-state index in [0.717, 1.165) is 67.5 Å². The quantitative estimate of drug-likeness (QED) is 0.0902. The molecule has 55 heavy (non-hydrogen) atoms. The first-order valence-electron chi connectivity index (χ1n) is 19.3. The average molecular weight is 746 g/mol. The van der Waals surface area contributed by atoms with Crippen LogP contribution >= 0.6 is 0 Å². The molecule has 3 aliphatic heterocycles. The lowest BCUT2D eigenvalue weighted by atomic mass is 9.82. The second kappa shape index (κ2) is 14.4. The number of hydrogen-bond donors (Lipinski definition) is 6. The average Bonchev–Trinajstić information content (AvgIpc) is 4.07. The van der Waals surface area contributed by atoms with Crippen LogP contribution in [0.3, 0.4) is 0 Å². The van der Waals surface area contributed by atoms with Crippen molar-refractivity contribution < 1.29 is 19.5 Å². The number of pyridine rings is 1. The van der Waals surface area contributed by atoms with Crippen molar-refractivity contribution in [2.75, 3.05) is 43.4 Å². The highest BCUT2D eigenvalue weighted by atomic mass is 16.3. The zero-order chi connectivity index (χ0) is 38.6. The number of aliphatic hydroxyl groups is 1. The molecule has 2 saturated heterocycles. The number of nitrogens with zero attached hydrogens (tertiary/aromatic N) is 6. The van der Waals surface area contributed by atoms with Gasteiger partial charge in [0.1, 0.15) is 30.7 Å². The Morgan fingerprint density at radius 2 is 1.76 bits per heavy atom. The molecule has 5 aliphatic rings. The van der Waals surface area contributed by atoms with E-state index in [4.69, 9.17) is 24.4 Å². The fourth-order valence-electron chi connectivity index (χ4n) is 7.86. The largest absolute Gasteiger partial charge is 0.393 e. The Morgan fingerprint density at radius 1 is 1.04 bits per heavy atom. The molecular formula is C39H48BN11O4. The van der Waals surface area contributed by atoms with Gasteiger partial charge in [-0.05, 0) is 63.1 Å². The lowest BCUT2D eigenvalue weighted by molar-refractivity contribution is -0.121. The first kappa shape index (κ1) is 36.6. The number of nitrogens with two attached hydrogens (primary N) is 2. The first-order valence-corrected chi connectivity index (χ1v) is 19.3. The summed E-state index contributed by atoms with van der Waals surface area (Å²) in [5.41, 5.74) is 16.2. The molecule has 8 N–H and O–H groups in total. The number of carbonyl (C=O) groups is 3. The zero-order valence-corrected chi connectivity index (χ0v) is 31.3. The molecule has 1 aromatic carbocycles. The van der Waals surface area contributed by atoms with Crippen molar-refractivity contribution in [1.82, 2.24) is 35.2 Å². The molecule has 0 spiro atoms. The minimum atomic E-state index is -1.87. The Labute approximate surface area is 321 Å². The molecule has 5 heterocycles. The van der Waals surface area contributed by atoms with E-state index in [-0.39, 0.29) is 64.5 Å². The monoisotopic (exact) mass is 745 g/mol. The lowest BCUT2D eigenvalue weighted by Gasteiger charge is -2.49. The fourth-order valence-corrected chi connectivity index (χ4v) is 7.86. The van der Waals surface area contributed by atoms with Crippen LogP contribution in [0.1, 0.15) is 85.8 Å². The Kier molecular flexibility index (Phi) is 9.58. The van der Waals surface area contributed by atoms with E-state index < -0.39 is 11.5 Å². The van der Waals surface area contributed by atoms with Gasteiger partial charge in [-0.3, -0.25) is 24.0 Å². The molecule has 2 atom stereocenters. The molecule has 0 bridgehead atoms. The summed E-state index contributed by atoms with van der Waals surface area (Å²) in [4.78, 5) is 48.9. The highest BCUT2D eigenvalue weighted by Gasteiger charge is 2.44. The maximum Gasteiger partial charge on any atom is 0.272 e. The van der Waals surface area contributed by atoms with E-state index >= 15 is 0 Å². The van der Waals surface area contributed by atoms with Crippen molar-refractivity contribution in [2.45, 2.75) is 75.6 Å². The third kappa shape index (κ3) is 7.04. The van der Waals surface area contributed by atoms with Gasteiger partial charge in [0.2, 0.25) is 5.91 Å². The maximum atomic E-state index is 13.2. The number of para-hydroxylation sites is 1. The highest BCUT2D eigenvalue weighted by molar-refractivity contribution is 6.14. The van der Waals surface area contributed by atoms with Crippen LogP contribution in [0.2, 0.25) is 0 Å². The maximum absolute atomic E-state index is 13.2. The van der Waals surface area contributed by atoms with Crippen LogP contribution in [0.4, 0.5) is 11.4 Å². The molecular weight excluding hydrogens is 697 g/mol. The number of benzene rings is 1. The van der Waals surface area contributed by atoms with Crippen molar-refractivity contribution in [1.29, 1.82) is 0 Å². The van der Waals surface area contributed by atoms with Crippen LogP contribution in [-0.4, -0.2) is 94.5 Å². The van der Waals surface area contributed by atoms with Gasteiger partial charge in [-0.1, -0.05) is 25.1 Å². The number of hydrogen-bond acceptors (Lipinski definition) is 11. The summed E-state index contributed by atoms with van der Waals surface area (Å²) >= 11 is 0. The molecule has 3 aromatic rings. The number of anilines is 2. The number of aromatic nitrogens is 3. The van der Waals surface area contributed by atoms with Crippen LogP contribution < -0.4 is 32.3 Å². The summed E-state index contributed by atoms with van der Waals surface area (Å²) in [6.07, 6.45) is 9.54. The minimum absolute atomic E-state index is 0.0401. The second-order valence-corrected chi connectivity index (χ2v) is 15.4. The standard InChI is InChI=1S/C39H48BN11O4/c1-3-30-35-26(19-43-51(35)24-20-50(21-24)39(40,55)31-11-7-10-28(46-31)38(54)49-16-4-5-17-49)25-8-6-9-27(34(25)48(30)2)45-29(33(42)37(53)44-23-14-15-23)18-32(41)47-36(52)22-12-13-22/h6-11,18-19,22-24,30,45,55H,3-5,12-17,20-21,41-42H2,1-2H3,(H,44,53)(H,47,52)/b32-18+,33-29+. The Morgan fingerprint density at radius 3 is 2.45 bits per heavy atom. The van der Waals surface area contributed by atoms with Crippen molar-refractivity contribution in [3.05, 3.63) is 83.0 Å². The lowest BCUT2D eigenvalue weighted by Crippen LogP contribution is -2.59. The normalized spacial score (nSPS) is 21.5. The topological polar surface area (TPSA) is 200 Å². The Hall–Kier alpha value is -5.35. The molecule has 2 aliphatic carbocycles. The molecule has 16 heteroatoms. The van der Waals surface area contributed by atoms with Gasteiger partial charge in [0, 0.05) is 62.4 Å². The minimum Gasteiger partial charge on any atom is -0.393 e. The number of rotatable bonds is 12. The summed E-state index contributed by atoms with van der Waals surface area (Å²) in [5, 5.41) is 25.5. The molecule has 2 aromatic heterocycles. The van der Waals surface area contributed by atoms with E-state index in [0.29, 0.717) is 31.9 Å². The van der Waals surface area contributed by atoms with Crippen LogP contribution in [0.5, 0.6) is 0 Å². The van der Waals surface area contributed by atoms with Gasteiger partial charge in [0.15, 0.2) is 0 Å². The van der Waals surface area contributed by atoms with E-state index in [9.17, 15) is 19.5 Å². The predicted octanol–water partition coefficient (Wildman–Crippen LogP) is 2.10. The van der Waals surface area contributed by atoms with Gasteiger partial charge in [0.05, 0.1) is 46.7 Å². The van der Waals surface area contributed by atoms with E-state index in [1.807, 2.05) is 36.1 Å². The summed E-state index contributed by atoms with van der Waals surface area (Å²) in [5.74, 6) is -0.668. The SMILES string of the molecule is [B]C(O)(c1cccc(C(=O)N2CCCC2)n1)N1CC(n2ncc3c2C(CC)N(C)c2c(NC(/C=C(\N)NC(=O)C4CC4)=C(/N)C(=O)NC4CC4)cccc2-3)C1. The van der Waals surface area contributed by atoms with Crippen molar-refractivity contribution in [3.8, 4) is 11.1 Å². The van der Waals surface area contributed by atoms with E-state index in [2.05, 4.69) is 32.8 Å². The summed E-state index contributed by atoms with van der Waals surface area (Å²) in [6.45, 7) is 4.37. The number of fused-ring (bicyclic) bond motifs is 3. The van der Waals surface area contributed by atoms with Crippen LogP contribution in [0, 0.1) is 5.92 Å². The fraction of sp³-hybridized carbons (Fsp3) is 0.462. The Balaban J connectivity index is 1.05. The highest BCUT2D eigenvalue weighted by Crippen LogP contribution is 2.50. The molecule has 2 unspecified atom stereocenters. The molecule has 3 amide bonds. The van der Waals surface area contributed by atoms with Crippen molar-refractivity contribution in [2.24, 2.45) is 17.4 Å².